The molecule has 0 bridgehead atoms. The number of hydrogen-bond acceptors (Lipinski definition) is 3. The van der Waals surface area contributed by atoms with Crippen LogP contribution in [0.15, 0.2) is 48.5 Å². The maximum atomic E-state index is 12.0. The molecule has 4 nitrogen and oxygen atoms in total. The zero-order chi connectivity index (χ0) is 14.5. The summed E-state index contributed by atoms with van der Waals surface area (Å²) in [6.07, 6.45) is 0.733. The molecule has 1 amide bonds. The summed E-state index contributed by atoms with van der Waals surface area (Å²) in [6.45, 7) is 1.92. The van der Waals surface area contributed by atoms with E-state index in [1.807, 2.05) is 37.3 Å². The van der Waals surface area contributed by atoms with E-state index in [9.17, 15) is 15.0 Å². The number of carbonyl (C=O) groups excluding carboxylic acids is 1. The van der Waals surface area contributed by atoms with Crippen LogP contribution in [-0.4, -0.2) is 22.2 Å². The molecule has 2 rings (SSSR count). The lowest BCUT2D eigenvalue weighted by molar-refractivity contribution is 0.0939. The number of amides is 1. The number of benzene rings is 2. The van der Waals surface area contributed by atoms with Gasteiger partial charge in [-0.05, 0) is 37.1 Å². The fraction of sp³-hybridized carbons (Fsp3) is 0.188. The smallest absolute Gasteiger partial charge is 0.251 e. The molecule has 1 unspecified atom stereocenters. The zero-order valence-electron chi connectivity index (χ0n) is 11.2. The summed E-state index contributed by atoms with van der Waals surface area (Å²) >= 11 is 0. The molecule has 0 aromatic heterocycles. The largest absolute Gasteiger partial charge is 0.504 e. The number of phenolic OH excluding ortho intramolecular Hbond substituents is 2. The topological polar surface area (TPSA) is 69.6 Å². The van der Waals surface area contributed by atoms with Gasteiger partial charge >= 0.3 is 0 Å². The number of aromatic hydroxyl groups is 2. The lowest BCUT2D eigenvalue weighted by Gasteiger charge is -2.14. The highest BCUT2D eigenvalue weighted by atomic mass is 16.3. The van der Waals surface area contributed by atoms with E-state index >= 15 is 0 Å². The number of rotatable bonds is 4. The highest BCUT2D eigenvalue weighted by Crippen LogP contribution is 2.24. The van der Waals surface area contributed by atoms with Gasteiger partial charge in [0.25, 0.3) is 5.91 Å². The summed E-state index contributed by atoms with van der Waals surface area (Å²) in [7, 11) is 0. The molecule has 0 saturated carbocycles. The number of nitrogens with one attached hydrogen (secondary N) is 1. The van der Waals surface area contributed by atoms with Gasteiger partial charge in [-0.3, -0.25) is 4.79 Å². The first-order valence-electron chi connectivity index (χ1n) is 6.43. The van der Waals surface area contributed by atoms with Gasteiger partial charge in [-0.15, -0.1) is 0 Å². The lowest BCUT2D eigenvalue weighted by atomic mass is 10.1. The van der Waals surface area contributed by atoms with E-state index in [4.69, 9.17) is 0 Å². The second kappa shape index (κ2) is 6.10. The molecule has 0 aliphatic heterocycles. The van der Waals surface area contributed by atoms with Gasteiger partial charge in [0, 0.05) is 11.6 Å². The van der Waals surface area contributed by atoms with Crippen molar-refractivity contribution in [1.82, 2.24) is 5.32 Å². The molecule has 20 heavy (non-hydrogen) atoms. The van der Waals surface area contributed by atoms with Crippen LogP contribution < -0.4 is 5.32 Å². The van der Waals surface area contributed by atoms with Gasteiger partial charge < -0.3 is 15.5 Å². The van der Waals surface area contributed by atoms with Crippen molar-refractivity contribution in [2.45, 2.75) is 19.4 Å². The molecule has 0 aliphatic rings. The highest BCUT2D eigenvalue weighted by molar-refractivity contribution is 5.95. The van der Waals surface area contributed by atoms with Crippen LogP contribution in [0.2, 0.25) is 0 Å². The highest BCUT2D eigenvalue weighted by Gasteiger charge is 2.12. The Balaban J connectivity index is 1.98. The maximum Gasteiger partial charge on any atom is 0.251 e. The van der Waals surface area contributed by atoms with Crippen LogP contribution in [0.3, 0.4) is 0 Å². The van der Waals surface area contributed by atoms with Crippen LogP contribution >= 0.6 is 0 Å². The third-order valence-electron chi connectivity index (χ3n) is 3.00. The summed E-state index contributed by atoms with van der Waals surface area (Å²) in [5, 5.41) is 21.5. The van der Waals surface area contributed by atoms with Gasteiger partial charge in [0.2, 0.25) is 0 Å². The second-order valence-electron chi connectivity index (χ2n) is 4.77. The summed E-state index contributed by atoms with van der Waals surface area (Å²) in [5.41, 5.74) is 1.47. The van der Waals surface area contributed by atoms with Gasteiger partial charge in [0.1, 0.15) is 0 Å². The van der Waals surface area contributed by atoms with Crippen molar-refractivity contribution in [3.8, 4) is 11.5 Å². The minimum Gasteiger partial charge on any atom is -0.504 e. The number of phenols is 2. The molecular weight excluding hydrogens is 254 g/mol. The SMILES string of the molecule is CC(Cc1ccccc1)NC(=O)c1ccc(O)c(O)c1. The van der Waals surface area contributed by atoms with E-state index in [-0.39, 0.29) is 23.4 Å². The Morgan fingerprint density at radius 3 is 2.45 bits per heavy atom. The van der Waals surface area contributed by atoms with Crippen LogP contribution in [0.1, 0.15) is 22.8 Å². The summed E-state index contributed by atoms with van der Waals surface area (Å²) in [6, 6.07) is 13.9. The molecular formula is C16H17NO3. The standard InChI is InChI=1S/C16H17NO3/c1-11(9-12-5-3-2-4-6-12)17-16(20)13-7-8-14(18)15(19)10-13/h2-8,10-11,18-19H,9H2,1H3,(H,17,20). The van der Waals surface area contributed by atoms with Crippen molar-refractivity contribution in [1.29, 1.82) is 0 Å². The van der Waals surface area contributed by atoms with Crippen LogP contribution in [0.25, 0.3) is 0 Å². The van der Waals surface area contributed by atoms with E-state index in [1.165, 1.54) is 18.2 Å². The molecule has 0 aliphatic carbocycles. The molecule has 0 saturated heterocycles. The van der Waals surface area contributed by atoms with Gasteiger partial charge in [-0.1, -0.05) is 30.3 Å². The number of hydrogen-bond donors (Lipinski definition) is 3. The summed E-state index contributed by atoms with van der Waals surface area (Å²) < 4.78 is 0. The molecule has 2 aromatic rings. The molecule has 0 spiro atoms. The first-order valence-corrected chi connectivity index (χ1v) is 6.43. The lowest BCUT2D eigenvalue weighted by Crippen LogP contribution is -2.34. The normalized spacial score (nSPS) is 11.8. The second-order valence-corrected chi connectivity index (χ2v) is 4.77. The first-order chi connectivity index (χ1) is 9.56. The Bertz CT molecular complexity index is 596. The Labute approximate surface area is 117 Å². The van der Waals surface area contributed by atoms with Crippen molar-refractivity contribution in [3.05, 3.63) is 59.7 Å². The molecule has 3 N–H and O–H groups in total. The van der Waals surface area contributed by atoms with Crippen LogP contribution in [0, 0.1) is 0 Å². The monoisotopic (exact) mass is 271 g/mol. The van der Waals surface area contributed by atoms with E-state index < -0.39 is 0 Å². The van der Waals surface area contributed by atoms with Crippen molar-refractivity contribution >= 4 is 5.91 Å². The van der Waals surface area contributed by atoms with Crippen molar-refractivity contribution in [2.75, 3.05) is 0 Å². The molecule has 0 heterocycles. The average Bonchev–Trinajstić information content (AvgIpc) is 2.42. The zero-order valence-corrected chi connectivity index (χ0v) is 11.2. The number of carbonyl (C=O) groups is 1. The predicted molar refractivity (Wildman–Crippen MR) is 76.8 cm³/mol. The van der Waals surface area contributed by atoms with E-state index in [1.54, 1.807) is 0 Å². The third-order valence-corrected chi connectivity index (χ3v) is 3.00. The molecule has 0 radical (unpaired) electrons. The Morgan fingerprint density at radius 2 is 1.80 bits per heavy atom. The average molecular weight is 271 g/mol. The minimum atomic E-state index is -0.298. The van der Waals surface area contributed by atoms with Crippen molar-refractivity contribution < 1.29 is 15.0 Å². The van der Waals surface area contributed by atoms with Gasteiger partial charge in [0.15, 0.2) is 11.5 Å². The molecule has 4 heteroatoms. The fourth-order valence-electron chi connectivity index (χ4n) is 1.99. The van der Waals surface area contributed by atoms with E-state index in [2.05, 4.69) is 5.32 Å². The molecule has 104 valence electrons. The molecule has 2 aromatic carbocycles. The Morgan fingerprint density at radius 1 is 1.10 bits per heavy atom. The quantitative estimate of drug-likeness (QED) is 0.748. The van der Waals surface area contributed by atoms with E-state index in [0.29, 0.717) is 5.56 Å². The van der Waals surface area contributed by atoms with Crippen LogP contribution in [-0.2, 0) is 6.42 Å². The van der Waals surface area contributed by atoms with Crippen molar-refractivity contribution in [3.63, 3.8) is 0 Å². The minimum absolute atomic E-state index is 0.0270. The van der Waals surface area contributed by atoms with Crippen LogP contribution in [0.4, 0.5) is 0 Å². The molecule has 0 fully saturated rings. The maximum absolute atomic E-state index is 12.0. The van der Waals surface area contributed by atoms with Crippen molar-refractivity contribution in [2.24, 2.45) is 0 Å². The fourth-order valence-corrected chi connectivity index (χ4v) is 1.99. The summed E-state index contributed by atoms with van der Waals surface area (Å²) in [4.78, 5) is 12.0. The Hall–Kier alpha value is -2.49. The third kappa shape index (κ3) is 3.51. The first kappa shape index (κ1) is 13.9. The van der Waals surface area contributed by atoms with Gasteiger partial charge in [0.05, 0.1) is 0 Å². The van der Waals surface area contributed by atoms with Crippen LogP contribution in [0.5, 0.6) is 11.5 Å². The Kier molecular flexibility index (Phi) is 4.25. The van der Waals surface area contributed by atoms with Gasteiger partial charge in [-0.25, -0.2) is 0 Å². The predicted octanol–water partition coefficient (Wildman–Crippen LogP) is 2.46. The molecule has 1 atom stereocenters. The van der Waals surface area contributed by atoms with Gasteiger partial charge in [-0.2, -0.15) is 0 Å². The van der Waals surface area contributed by atoms with E-state index in [0.717, 1.165) is 12.0 Å². The summed E-state index contributed by atoms with van der Waals surface area (Å²) in [5.74, 6) is -0.809.